The zero-order valence-corrected chi connectivity index (χ0v) is 13.1. The zero-order valence-electron chi connectivity index (χ0n) is 11.4. The van der Waals surface area contributed by atoms with Gasteiger partial charge in [-0.05, 0) is 43.0 Å². The van der Waals surface area contributed by atoms with Crippen molar-refractivity contribution < 1.29 is 9.21 Å². The van der Waals surface area contributed by atoms with Crippen molar-refractivity contribution in [1.82, 2.24) is 10.3 Å². The summed E-state index contributed by atoms with van der Waals surface area (Å²) in [5, 5.41) is 4.90. The monoisotopic (exact) mass is 308 g/mol. The molecule has 0 aliphatic carbocycles. The van der Waals surface area contributed by atoms with Crippen LogP contribution in [0.15, 0.2) is 15.9 Å². The van der Waals surface area contributed by atoms with Gasteiger partial charge in [0, 0.05) is 4.88 Å². The van der Waals surface area contributed by atoms with Gasteiger partial charge in [-0.25, -0.2) is 4.98 Å². The van der Waals surface area contributed by atoms with Gasteiger partial charge in [0.15, 0.2) is 0 Å². The second-order valence-electron chi connectivity index (χ2n) is 4.77. The molecule has 0 radical (unpaired) electrons. The highest BCUT2D eigenvalue weighted by molar-refractivity contribution is 8.00. The van der Waals surface area contributed by atoms with Crippen molar-refractivity contribution in [2.45, 2.75) is 32.1 Å². The number of nitrogens with one attached hydrogen (secondary N) is 1. The van der Waals surface area contributed by atoms with Crippen LogP contribution >= 0.6 is 23.1 Å². The molecule has 1 N–H and O–H groups in total. The van der Waals surface area contributed by atoms with E-state index in [0.717, 1.165) is 23.6 Å². The average molecular weight is 308 g/mol. The van der Waals surface area contributed by atoms with Gasteiger partial charge in [-0.3, -0.25) is 4.79 Å². The lowest BCUT2D eigenvalue weighted by molar-refractivity contribution is -0.120. The van der Waals surface area contributed by atoms with Gasteiger partial charge in [0.25, 0.3) is 0 Å². The molecule has 1 aliphatic rings. The van der Waals surface area contributed by atoms with Crippen LogP contribution in [0, 0.1) is 13.8 Å². The fraction of sp³-hybridized carbons (Fsp3) is 0.429. The van der Waals surface area contributed by atoms with E-state index in [1.807, 2.05) is 13.8 Å². The third-order valence-corrected chi connectivity index (χ3v) is 5.64. The molecule has 3 heterocycles. The van der Waals surface area contributed by atoms with E-state index < -0.39 is 0 Å². The number of thiophene rings is 1. The molecule has 3 rings (SSSR count). The van der Waals surface area contributed by atoms with Gasteiger partial charge >= 0.3 is 0 Å². The first-order valence-electron chi connectivity index (χ1n) is 6.53. The minimum atomic E-state index is -0.0952. The normalized spacial score (nSPS) is 17.8. The summed E-state index contributed by atoms with van der Waals surface area (Å²) in [6.07, 6.45) is 1.07. The van der Waals surface area contributed by atoms with Gasteiger partial charge in [0.1, 0.15) is 11.0 Å². The highest BCUT2D eigenvalue weighted by Crippen LogP contribution is 2.39. The summed E-state index contributed by atoms with van der Waals surface area (Å²) < 4.78 is 5.48. The van der Waals surface area contributed by atoms with Crippen LogP contribution in [-0.4, -0.2) is 16.6 Å². The van der Waals surface area contributed by atoms with Crippen molar-refractivity contribution in [3.63, 3.8) is 0 Å². The fourth-order valence-electron chi connectivity index (χ4n) is 2.23. The predicted molar refractivity (Wildman–Crippen MR) is 81.0 cm³/mol. The number of aromatic nitrogens is 1. The zero-order chi connectivity index (χ0) is 14.1. The minimum Gasteiger partial charge on any atom is -0.444 e. The molecule has 0 bridgehead atoms. The number of hydrogen-bond acceptors (Lipinski definition) is 5. The summed E-state index contributed by atoms with van der Waals surface area (Å²) in [6.45, 7) is 4.13. The van der Waals surface area contributed by atoms with Gasteiger partial charge < -0.3 is 9.73 Å². The van der Waals surface area contributed by atoms with Crippen LogP contribution in [-0.2, 0) is 17.8 Å². The number of carbonyl (C=O) groups is 1. The van der Waals surface area contributed by atoms with Gasteiger partial charge in [-0.1, -0.05) is 0 Å². The molecule has 2 aromatic rings. The standard InChI is InChI=1S/C14H16N2O2S2/c1-8-9(2)18-12(16-8)7-15-14(17)13-10-3-5-19-11(10)4-6-20-13/h3,5,13H,4,6-7H2,1-2H3,(H,15,17). The number of amides is 1. The number of rotatable bonds is 3. The number of nitrogens with zero attached hydrogens (tertiary/aromatic N) is 1. The molecular weight excluding hydrogens is 292 g/mol. The van der Waals surface area contributed by atoms with E-state index in [1.54, 1.807) is 23.1 Å². The summed E-state index contributed by atoms with van der Waals surface area (Å²) in [6, 6.07) is 2.07. The van der Waals surface area contributed by atoms with E-state index in [2.05, 4.69) is 21.7 Å². The van der Waals surface area contributed by atoms with Gasteiger partial charge in [-0.2, -0.15) is 0 Å². The highest BCUT2D eigenvalue weighted by atomic mass is 32.2. The molecule has 0 saturated carbocycles. The predicted octanol–water partition coefficient (Wildman–Crippen LogP) is 3.00. The third-order valence-electron chi connectivity index (χ3n) is 3.40. The van der Waals surface area contributed by atoms with Gasteiger partial charge in [0.2, 0.25) is 11.8 Å². The van der Waals surface area contributed by atoms with Crippen LogP contribution in [0.1, 0.15) is 33.0 Å². The SMILES string of the molecule is Cc1nc(CNC(=O)C2SCCc3sccc32)oc1C. The Kier molecular flexibility index (Phi) is 3.85. The Bertz CT molecular complexity index is 613. The van der Waals surface area contributed by atoms with Crippen molar-refractivity contribution in [3.05, 3.63) is 39.2 Å². The van der Waals surface area contributed by atoms with Crippen LogP contribution in [0.2, 0.25) is 0 Å². The number of aryl methyl sites for hydroxylation is 3. The van der Waals surface area contributed by atoms with E-state index in [0.29, 0.717) is 12.4 Å². The Morgan fingerprint density at radius 3 is 3.15 bits per heavy atom. The molecule has 1 atom stereocenters. The summed E-state index contributed by atoms with van der Waals surface area (Å²) in [5.74, 6) is 2.42. The Morgan fingerprint density at radius 1 is 1.55 bits per heavy atom. The van der Waals surface area contributed by atoms with Crippen molar-refractivity contribution in [2.24, 2.45) is 0 Å². The second-order valence-corrected chi connectivity index (χ2v) is 6.98. The first kappa shape index (κ1) is 13.7. The summed E-state index contributed by atoms with van der Waals surface area (Å²) >= 11 is 3.45. The van der Waals surface area contributed by atoms with Crippen LogP contribution in [0.5, 0.6) is 0 Å². The highest BCUT2D eigenvalue weighted by Gasteiger charge is 2.28. The molecule has 20 heavy (non-hydrogen) atoms. The maximum atomic E-state index is 12.3. The number of hydrogen-bond donors (Lipinski definition) is 1. The van der Waals surface area contributed by atoms with E-state index in [-0.39, 0.29) is 11.2 Å². The first-order valence-corrected chi connectivity index (χ1v) is 8.46. The quantitative estimate of drug-likeness (QED) is 0.947. The lowest BCUT2D eigenvalue weighted by atomic mass is 10.1. The molecule has 4 nitrogen and oxygen atoms in total. The van der Waals surface area contributed by atoms with Crippen molar-refractivity contribution in [1.29, 1.82) is 0 Å². The number of carbonyl (C=O) groups excluding carboxylic acids is 1. The number of oxazole rings is 1. The van der Waals surface area contributed by atoms with Crippen LogP contribution in [0.25, 0.3) is 0 Å². The maximum absolute atomic E-state index is 12.3. The molecule has 106 valence electrons. The summed E-state index contributed by atoms with van der Waals surface area (Å²) in [5.41, 5.74) is 2.05. The smallest absolute Gasteiger partial charge is 0.238 e. The molecule has 6 heteroatoms. The molecule has 2 aromatic heterocycles. The average Bonchev–Trinajstić information content (AvgIpc) is 3.03. The van der Waals surface area contributed by atoms with Gasteiger partial charge in [0.05, 0.1) is 12.2 Å². The molecule has 1 amide bonds. The summed E-state index contributed by atoms with van der Waals surface area (Å²) in [7, 11) is 0. The first-order chi connectivity index (χ1) is 9.65. The van der Waals surface area contributed by atoms with Crippen molar-refractivity contribution in [3.8, 4) is 0 Å². The van der Waals surface area contributed by atoms with Gasteiger partial charge in [-0.15, -0.1) is 23.1 Å². The van der Waals surface area contributed by atoms with Crippen LogP contribution in [0.3, 0.4) is 0 Å². The number of thioether (sulfide) groups is 1. The molecule has 0 fully saturated rings. The van der Waals surface area contributed by atoms with Crippen molar-refractivity contribution in [2.75, 3.05) is 5.75 Å². The summed E-state index contributed by atoms with van der Waals surface area (Å²) in [4.78, 5) is 17.9. The molecule has 0 spiro atoms. The second kappa shape index (κ2) is 5.61. The lowest BCUT2D eigenvalue weighted by Crippen LogP contribution is -2.29. The molecule has 1 unspecified atom stereocenters. The molecule has 1 aliphatic heterocycles. The largest absolute Gasteiger partial charge is 0.444 e. The fourth-order valence-corrected chi connectivity index (χ4v) is 4.55. The lowest BCUT2D eigenvalue weighted by Gasteiger charge is -2.21. The van der Waals surface area contributed by atoms with E-state index in [1.165, 1.54) is 10.4 Å². The molecule has 0 saturated heterocycles. The van der Waals surface area contributed by atoms with Crippen LogP contribution in [0.4, 0.5) is 0 Å². The Labute approximate surface area is 126 Å². The Hall–Kier alpha value is -1.27. The topological polar surface area (TPSA) is 55.1 Å². The maximum Gasteiger partial charge on any atom is 0.238 e. The Balaban J connectivity index is 1.66. The number of fused-ring (bicyclic) bond motifs is 1. The van der Waals surface area contributed by atoms with E-state index >= 15 is 0 Å². The third kappa shape index (κ3) is 2.62. The van der Waals surface area contributed by atoms with Crippen molar-refractivity contribution >= 4 is 29.0 Å². The molecular formula is C14H16N2O2S2. The Morgan fingerprint density at radius 2 is 2.40 bits per heavy atom. The van der Waals surface area contributed by atoms with E-state index in [4.69, 9.17) is 4.42 Å². The molecule has 0 aromatic carbocycles. The van der Waals surface area contributed by atoms with E-state index in [9.17, 15) is 4.79 Å². The minimum absolute atomic E-state index is 0.0443. The van der Waals surface area contributed by atoms with Crippen LogP contribution < -0.4 is 5.32 Å².